The maximum atomic E-state index is 13.4. The van der Waals surface area contributed by atoms with Gasteiger partial charge >= 0.3 is 0 Å². The Bertz CT molecular complexity index is 1320. The van der Waals surface area contributed by atoms with E-state index in [1.807, 2.05) is 0 Å². The predicted molar refractivity (Wildman–Crippen MR) is 134 cm³/mol. The number of amides is 2. The SMILES string of the molecule is CS(=O)(=O)Cl.Cc1cc(CNC(=O)c2cc(C(=O)NC[C@H]3CCNC3)n3ncnc3n2)ccc1F.Cl. The summed E-state index contributed by atoms with van der Waals surface area (Å²) in [6.07, 6.45) is 3.21. The van der Waals surface area contributed by atoms with Crippen molar-refractivity contribution in [1.29, 1.82) is 0 Å². The van der Waals surface area contributed by atoms with Crippen molar-refractivity contribution in [3.05, 3.63) is 58.9 Å². The quantitative estimate of drug-likeness (QED) is 0.383. The summed E-state index contributed by atoms with van der Waals surface area (Å²) in [6, 6.07) is 6.03. The van der Waals surface area contributed by atoms with Gasteiger partial charge in [-0.25, -0.2) is 17.8 Å². The number of aryl methyl sites for hydroxylation is 1. The van der Waals surface area contributed by atoms with Gasteiger partial charge in [0.1, 0.15) is 23.5 Å². The van der Waals surface area contributed by atoms with Crippen molar-refractivity contribution in [2.45, 2.75) is 19.9 Å². The topological polar surface area (TPSA) is 147 Å². The molecule has 0 bridgehead atoms. The van der Waals surface area contributed by atoms with Gasteiger partial charge in [-0.2, -0.15) is 14.6 Å². The minimum absolute atomic E-state index is 0. The van der Waals surface area contributed by atoms with Gasteiger partial charge in [-0.1, -0.05) is 12.1 Å². The van der Waals surface area contributed by atoms with E-state index in [1.54, 1.807) is 19.1 Å². The zero-order valence-corrected chi connectivity index (χ0v) is 21.9. The summed E-state index contributed by atoms with van der Waals surface area (Å²) in [6.45, 7) is 4.21. The number of hydrogen-bond acceptors (Lipinski definition) is 8. The van der Waals surface area contributed by atoms with Gasteiger partial charge in [-0.15, -0.1) is 12.4 Å². The third-order valence-corrected chi connectivity index (χ3v) is 5.11. The summed E-state index contributed by atoms with van der Waals surface area (Å²) < 4.78 is 33.5. The van der Waals surface area contributed by atoms with Gasteiger partial charge in [0.15, 0.2) is 0 Å². The molecule has 0 spiro atoms. The Hall–Kier alpha value is -2.87. The first-order valence-corrected chi connectivity index (χ1v) is 13.4. The Morgan fingerprint density at radius 1 is 1.25 bits per heavy atom. The van der Waals surface area contributed by atoms with E-state index in [0.29, 0.717) is 18.0 Å². The van der Waals surface area contributed by atoms with E-state index in [2.05, 4.69) is 41.7 Å². The molecule has 3 N–H and O–H groups in total. The van der Waals surface area contributed by atoms with Gasteiger partial charge in [0.05, 0.1) is 6.26 Å². The van der Waals surface area contributed by atoms with Gasteiger partial charge in [0.25, 0.3) is 17.6 Å². The van der Waals surface area contributed by atoms with Crippen LogP contribution in [-0.2, 0) is 15.6 Å². The molecule has 11 nitrogen and oxygen atoms in total. The summed E-state index contributed by atoms with van der Waals surface area (Å²) in [7, 11) is 1.31. The molecule has 3 heterocycles. The largest absolute Gasteiger partial charge is 0.350 e. The van der Waals surface area contributed by atoms with Crippen molar-refractivity contribution in [1.82, 2.24) is 35.5 Å². The van der Waals surface area contributed by atoms with Crippen LogP contribution in [0.5, 0.6) is 0 Å². The highest BCUT2D eigenvalue weighted by molar-refractivity contribution is 8.13. The molecule has 0 radical (unpaired) electrons. The number of rotatable bonds is 6. The number of fused-ring (bicyclic) bond motifs is 1. The average Bonchev–Trinajstić information content (AvgIpc) is 3.48. The van der Waals surface area contributed by atoms with Gasteiger partial charge in [-0.3, -0.25) is 9.59 Å². The normalized spacial score (nSPS) is 14.9. The van der Waals surface area contributed by atoms with Crippen molar-refractivity contribution in [3.8, 4) is 0 Å². The number of carbonyl (C=O) groups excluding carboxylic acids is 2. The van der Waals surface area contributed by atoms with Crippen LogP contribution in [0.3, 0.4) is 0 Å². The highest BCUT2D eigenvalue weighted by Gasteiger charge is 2.20. The molecule has 36 heavy (non-hydrogen) atoms. The summed E-state index contributed by atoms with van der Waals surface area (Å²) in [5, 5.41) is 12.9. The number of nitrogens with zero attached hydrogens (tertiary/aromatic N) is 4. The molecular weight excluding hydrogens is 536 g/mol. The lowest BCUT2D eigenvalue weighted by molar-refractivity contribution is 0.0940. The van der Waals surface area contributed by atoms with Crippen LogP contribution < -0.4 is 16.0 Å². The summed E-state index contributed by atoms with van der Waals surface area (Å²) in [5.74, 6) is -0.565. The molecule has 0 aliphatic carbocycles. The fourth-order valence-corrected chi connectivity index (χ4v) is 3.40. The molecule has 1 aromatic carbocycles. The molecule has 15 heteroatoms. The Kier molecular flexibility index (Phi) is 10.5. The molecule has 3 aromatic rings. The van der Waals surface area contributed by atoms with Crippen molar-refractivity contribution >= 4 is 49.7 Å². The number of aromatic nitrogens is 4. The third kappa shape index (κ3) is 8.66. The first-order chi connectivity index (χ1) is 16.5. The number of carbonyl (C=O) groups is 2. The highest BCUT2D eigenvalue weighted by atomic mass is 35.7. The molecule has 1 fully saturated rings. The van der Waals surface area contributed by atoms with Crippen LogP contribution >= 0.6 is 23.1 Å². The van der Waals surface area contributed by atoms with Gasteiger partial charge < -0.3 is 16.0 Å². The Morgan fingerprint density at radius 3 is 2.61 bits per heavy atom. The van der Waals surface area contributed by atoms with E-state index in [-0.39, 0.29) is 47.8 Å². The second-order valence-corrected chi connectivity index (χ2v) is 11.1. The molecule has 1 aliphatic rings. The second kappa shape index (κ2) is 12.9. The molecule has 1 saturated heterocycles. The fourth-order valence-electron chi connectivity index (χ4n) is 3.40. The Labute approximate surface area is 218 Å². The summed E-state index contributed by atoms with van der Waals surface area (Å²) in [5.41, 5.74) is 1.50. The lowest BCUT2D eigenvalue weighted by Gasteiger charge is -2.11. The van der Waals surface area contributed by atoms with E-state index in [4.69, 9.17) is 0 Å². The molecule has 196 valence electrons. The zero-order valence-electron chi connectivity index (χ0n) is 19.5. The molecule has 2 amide bonds. The second-order valence-electron chi connectivity index (χ2n) is 8.02. The fraction of sp³-hybridized carbons (Fsp3) is 0.381. The maximum absolute atomic E-state index is 13.4. The van der Waals surface area contributed by atoms with Crippen LogP contribution in [-0.4, -0.2) is 65.7 Å². The van der Waals surface area contributed by atoms with Gasteiger partial charge in [0, 0.05) is 29.8 Å². The third-order valence-electron chi connectivity index (χ3n) is 5.11. The van der Waals surface area contributed by atoms with Gasteiger partial charge in [-0.05, 0) is 49.5 Å². The molecule has 1 aliphatic heterocycles. The monoisotopic (exact) mass is 561 g/mol. The van der Waals surface area contributed by atoms with Crippen molar-refractivity contribution < 1.29 is 22.4 Å². The Morgan fingerprint density at radius 2 is 1.97 bits per heavy atom. The van der Waals surface area contributed by atoms with E-state index in [9.17, 15) is 22.4 Å². The van der Waals surface area contributed by atoms with E-state index < -0.39 is 15.0 Å². The lowest BCUT2D eigenvalue weighted by Crippen LogP contribution is -2.32. The number of halogens is 3. The Balaban J connectivity index is 0.000000694. The minimum atomic E-state index is -3.19. The molecule has 0 unspecified atom stereocenters. The van der Waals surface area contributed by atoms with Crippen molar-refractivity contribution in [2.24, 2.45) is 5.92 Å². The van der Waals surface area contributed by atoms with Gasteiger partial charge in [0.2, 0.25) is 9.05 Å². The zero-order chi connectivity index (χ0) is 25.6. The van der Waals surface area contributed by atoms with Crippen LogP contribution in [0.25, 0.3) is 5.78 Å². The molecule has 0 saturated carbocycles. The molecule has 2 aromatic heterocycles. The summed E-state index contributed by atoms with van der Waals surface area (Å²) in [4.78, 5) is 33.6. The lowest BCUT2D eigenvalue weighted by atomic mass is 10.1. The van der Waals surface area contributed by atoms with Crippen LogP contribution in [0.4, 0.5) is 4.39 Å². The van der Waals surface area contributed by atoms with E-state index >= 15 is 0 Å². The number of nitrogens with one attached hydrogen (secondary N) is 3. The van der Waals surface area contributed by atoms with Crippen LogP contribution in [0.15, 0.2) is 30.6 Å². The first-order valence-electron chi connectivity index (χ1n) is 10.6. The van der Waals surface area contributed by atoms with Crippen LogP contribution in [0.2, 0.25) is 0 Å². The smallest absolute Gasteiger partial charge is 0.270 e. The number of hydrogen-bond donors (Lipinski definition) is 3. The van der Waals surface area contributed by atoms with Crippen LogP contribution in [0.1, 0.15) is 38.5 Å². The van der Waals surface area contributed by atoms with E-state index in [1.165, 1.54) is 23.0 Å². The highest BCUT2D eigenvalue weighted by Crippen LogP contribution is 2.11. The molecule has 4 rings (SSSR count). The standard InChI is InChI=1S/C20H22FN7O2.CH3ClO2S.ClH/c1-12-6-13(2-3-15(12)21)9-23-18(29)16-7-17(28-20(27-16)25-11-26-28)19(30)24-10-14-4-5-22-8-14;1-5(2,3)4;/h2-3,6-7,11,14,22H,4-5,8-10H2,1H3,(H,23,29)(H,24,30);1H3;1H/t14-;;/m0../s1. The minimum Gasteiger partial charge on any atom is -0.350 e. The molecular formula is C21H26Cl2FN7O4S. The average molecular weight is 562 g/mol. The molecule has 1 atom stereocenters. The van der Waals surface area contributed by atoms with Crippen LogP contribution in [0, 0.1) is 18.7 Å². The number of benzene rings is 1. The van der Waals surface area contributed by atoms with Crippen molar-refractivity contribution in [2.75, 3.05) is 25.9 Å². The van der Waals surface area contributed by atoms with Crippen molar-refractivity contribution in [3.63, 3.8) is 0 Å². The van der Waals surface area contributed by atoms with E-state index in [0.717, 1.165) is 31.3 Å². The first kappa shape index (κ1) is 29.4. The maximum Gasteiger partial charge on any atom is 0.270 e. The summed E-state index contributed by atoms with van der Waals surface area (Å²) >= 11 is 0. The predicted octanol–water partition coefficient (Wildman–Crippen LogP) is 1.45.